The highest BCUT2D eigenvalue weighted by Crippen LogP contribution is 2.29. The molecule has 1 fully saturated rings. The topological polar surface area (TPSA) is 56.1 Å². The van der Waals surface area contributed by atoms with E-state index < -0.39 is 5.60 Å². The summed E-state index contributed by atoms with van der Waals surface area (Å²) in [6.07, 6.45) is 3.57. The molecule has 3 N–H and O–H groups in total. The van der Waals surface area contributed by atoms with Gasteiger partial charge in [-0.15, -0.1) is 0 Å². The third kappa shape index (κ3) is 1.14. The molecule has 0 aromatic rings. The van der Waals surface area contributed by atoms with Gasteiger partial charge in [0.2, 0.25) is 0 Å². The maximum absolute atomic E-state index is 9.67. The molecule has 0 bridgehead atoms. The van der Waals surface area contributed by atoms with Crippen molar-refractivity contribution in [2.75, 3.05) is 7.05 Å². The number of hydrogen-bond acceptors (Lipinski definition) is 2. The van der Waals surface area contributed by atoms with Crippen molar-refractivity contribution >= 4 is 5.84 Å². The summed E-state index contributed by atoms with van der Waals surface area (Å²) in [7, 11) is 1.68. The normalized spacial score (nSPS) is 22.6. The molecular weight excluding hydrogens is 128 g/mol. The molecule has 1 saturated carbocycles. The minimum Gasteiger partial charge on any atom is -0.382 e. The van der Waals surface area contributed by atoms with Gasteiger partial charge in [0.15, 0.2) is 0 Å². The quantitative estimate of drug-likeness (QED) is 0.368. The lowest BCUT2D eigenvalue weighted by Gasteiger charge is -2.22. The first-order chi connectivity index (χ1) is 4.69. The van der Waals surface area contributed by atoms with Crippen LogP contribution in [0.15, 0.2) is 0 Å². The van der Waals surface area contributed by atoms with Crippen LogP contribution in [0.5, 0.6) is 0 Å². The Labute approximate surface area is 61.0 Å². The average Bonchev–Trinajstić information content (AvgIpc) is 2.36. The maximum Gasteiger partial charge on any atom is 0.126 e. The molecule has 58 valence electrons. The third-order valence-electron chi connectivity index (χ3n) is 2.15. The van der Waals surface area contributed by atoms with Crippen LogP contribution in [0.3, 0.4) is 0 Å². The van der Waals surface area contributed by atoms with Crippen LogP contribution >= 0.6 is 0 Å². The lowest BCUT2D eigenvalue weighted by Crippen LogP contribution is -2.42. The van der Waals surface area contributed by atoms with E-state index in [-0.39, 0.29) is 5.84 Å². The smallest absolute Gasteiger partial charge is 0.126 e. The van der Waals surface area contributed by atoms with E-state index in [1.165, 1.54) is 0 Å². The van der Waals surface area contributed by atoms with Crippen molar-refractivity contribution in [2.24, 2.45) is 0 Å². The van der Waals surface area contributed by atoms with Gasteiger partial charge in [0, 0.05) is 7.05 Å². The minimum atomic E-state index is -0.825. The second kappa shape index (κ2) is 2.58. The Balaban J connectivity index is 2.58. The zero-order chi connectivity index (χ0) is 7.61. The summed E-state index contributed by atoms with van der Waals surface area (Å²) < 4.78 is 0. The van der Waals surface area contributed by atoms with Gasteiger partial charge in [-0.3, -0.25) is 5.41 Å². The molecule has 0 aliphatic heterocycles. The molecule has 0 atom stereocenters. The van der Waals surface area contributed by atoms with Crippen molar-refractivity contribution in [3.63, 3.8) is 0 Å². The Morgan fingerprint density at radius 3 is 2.40 bits per heavy atom. The molecule has 1 rings (SSSR count). The molecule has 3 heteroatoms. The van der Waals surface area contributed by atoms with E-state index >= 15 is 0 Å². The molecule has 0 aromatic carbocycles. The first kappa shape index (κ1) is 7.54. The van der Waals surface area contributed by atoms with Gasteiger partial charge in [-0.25, -0.2) is 0 Å². The summed E-state index contributed by atoms with van der Waals surface area (Å²) in [5.41, 5.74) is -0.825. The van der Waals surface area contributed by atoms with Gasteiger partial charge in [-0.05, 0) is 25.7 Å². The van der Waals surface area contributed by atoms with Crippen LogP contribution in [-0.4, -0.2) is 23.6 Å². The molecule has 0 radical (unpaired) electrons. The zero-order valence-corrected chi connectivity index (χ0v) is 6.28. The summed E-state index contributed by atoms with van der Waals surface area (Å²) in [5.74, 6) is 0.269. The van der Waals surface area contributed by atoms with E-state index in [0.29, 0.717) is 0 Å². The summed E-state index contributed by atoms with van der Waals surface area (Å²) in [5, 5.41) is 19.7. The van der Waals surface area contributed by atoms with Crippen molar-refractivity contribution in [1.29, 1.82) is 5.41 Å². The van der Waals surface area contributed by atoms with Gasteiger partial charge in [-0.2, -0.15) is 0 Å². The molecule has 0 amide bonds. The number of rotatable bonds is 1. The van der Waals surface area contributed by atoms with Gasteiger partial charge in [0.1, 0.15) is 11.4 Å². The molecule has 3 nitrogen and oxygen atoms in total. The highest BCUT2D eigenvalue weighted by atomic mass is 16.3. The highest BCUT2D eigenvalue weighted by Gasteiger charge is 2.34. The first-order valence-electron chi connectivity index (χ1n) is 3.68. The molecule has 0 aromatic heterocycles. The summed E-state index contributed by atoms with van der Waals surface area (Å²) in [4.78, 5) is 0. The predicted octanol–water partition coefficient (Wildman–Crippen LogP) is 0.488. The fourth-order valence-electron chi connectivity index (χ4n) is 1.44. The fraction of sp³-hybridized carbons (Fsp3) is 0.857. The van der Waals surface area contributed by atoms with Crippen LogP contribution in [0.25, 0.3) is 0 Å². The van der Waals surface area contributed by atoms with Crippen LogP contribution in [0, 0.1) is 5.41 Å². The molecule has 0 spiro atoms. The molecule has 0 unspecified atom stereocenters. The van der Waals surface area contributed by atoms with Gasteiger partial charge in [0.05, 0.1) is 0 Å². The van der Waals surface area contributed by atoms with Gasteiger partial charge >= 0.3 is 0 Å². The van der Waals surface area contributed by atoms with Crippen molar-refractivity contribution in [3.8, 4) is 0 Å². The van der Waals surface area contributed by atoms with E-state index in [1.54, 1.807) is 7.05 Å². The Morgan fingerprint density at radius 1 is 1.50 bits per heavy atom. The average molecular weight is 142 g/mol. The van der Waals surface area contributed by atoms with Crippen LogP contribution in [0.1, 0.15) is 25.7 Å². The third-order valence-corrected chi connectivity index (χ3v) is 2.15. The number of likely N-dealkylation sites (N-methyl/N-ethyl adjacent to an activating group) is 1. The lowest BCUT2D eigenvalue weighted by molar-refractivity contribution is 0.116. The standard InChI is InChI=1S/C7H14N2O/c1-9-6(8)7(10)4-2-3-5-7/h10H,2-5H2,1H3,(H2,8,9). The second-order valence-electron chi connectivity index (χ2n) is 2.86. The highest BCUT2D eigenvalue weighted by molar-refractivity contribution is 5.87. The Kier molecular flexibility index (Phi) is 1.94. The number of amidine groups is 1. The Bertz CT molecular complexity index is 139. The maximum atomic E-state index is 9.67. The van der Waals surface area contributed by atoms with E-state index in [1.807, 2.05) is 0 Å². The number of hydrogen-bond donors (Lipinski definition) is 3. The largest absolute Gasteiger partial charge is 0.382 e. The summed E-state index contributed by atoms with van der Waals surface area (Å²) in [6.45, 7) is 0. The van der Waals surface area contributed by atoms with Gasteiger partial charge in [-0.1, -0.05) is 0 Å². The molecule has 0 saturated heterocycles. The minimum absolute atomic E-state index is 0.269. The van der Waals surface area contributed by atoms with Crippen LogP contribution in [-0.2, 0) is 0 Å². The monoisotopic (exact) mass is 142 g/mol. The van der Waals surface area contributed by atoms with Gasteiger partial charge in [0.25, 0.3) is 0 Å². The van der Waals surface area contributed by atoms with Crippen molar-refractivity contribution in [2.45, 2.75) is 31.3 Å². The van der Waals surface area contributed by atoms with Crippen molar-refractivity contribution in [1.82, 2.24) is 5.32 Å². The number of nitrogens with one attached hydrogen (secondary N) is 2. The summed E-state index contributed by atoms with van der Waals surface area (Å²) in [6, 6.07) is 0. The Morgan fingerprint density at radius 2 is 2.00 bits per heavy atom. The van der Waals surface area contributed by atoms with Crippen LogP contribution in [0.2, 0.25) is 0 Å². The Hall–Kier alpha value is -0.570. The van der Waals surface area contributed by atoms with E-state index in [0.717, 1.165) is 25.7 Å². The SMILES string of the molecule is CNC(=N)C1(O)CCCC1. The second-order valence-corrected chi connectivity index (χ2v) is 2.86. The van der Waals surface area contributed by atoms with Crippen molar-refractivity contribution < 1.29 is 5.11 Å². The van der Waals surface area contributed by atoms with E-state index in [4.69, 9.17) is 5.41 Å². The van der Waals surface area contributed by atoms with Crippen LogP contribution < -0.4 is 5.32 Å². The van der Waals surface area contributed by atoms with E-state index in [9.17, 15) is 5.11 Å². The molecular formula is C7H14N2O. The molecule has 1 aliphatic rings. The van der Waals surface area contributed by atoms with Crippen molar-refractivity contribution in [3.05, 3.63) is 0 Å². The van der Waals surface area contributed by atoms with Crippen LogP contribution in [0.4, 0.5) is 0 Å². The lowest BCUT2D eigenvalue weighted by atomic mass is 10.0. The van der Waals surface area contributed by atoms with Gasteiger partial charge < -0.3 is 10.4 Å². The molecule has 1 aliphatic carbocycles. The molecule has 10 heavy (non-hydrogen) atoms. The molecule has 0 heterocycles. The predicted molar refractivity (Wildman–Crippen MR) is 40.2 cm³/mol. The summed E-state index contributed by atoms with van der Waals surface area (Å²) >= 11 is 0. The zero-order valence-electron chi connectivity index (χ0n) is 6.28. The fourth-order valence-corrected chi connectivity index (χ4v) is 1.44. The number of aliphatic hydroxyl groups is 1. The first-order valence-corrected chi connectivity index (χ1v) is 3.68. The van der Waals surface area contributed by atoms with E-state index in [2.05, 4.69) is 5.32 Å².